The van der Waals surface area contributed by atoms with E-state index in [0.29, 0.717) is 11.1 Å². The van der Waals surface area contributed by atoms with E-state index >= 15 is 0 Å². The molecule has 3 heteroatoms. The molecule has 2 rings (SSSR count). The average Bonchev–Trinajstić information content (AvgIpc) is 2.72. The number of anilines is 1. The van der Waals surface area contributed by atoms with Crippen molar-refractivity contribution in [2.45, 2.75) is 19.4 Å². The van der Waals surface area contributed by atoms with E-state index in [1.54, 1.807) is 12.4 Å². The molecule has 0 radical (unpaired) electrons. The van der Waals surface area contributed by atoms with Crippen molar-refractivity contribution in [2.75, 3.05) is 5.32 Å². The fourth-order valence-electron chi connectivity index (χ4n) is 1.22. The highest BCUT2D eigenvalue weighted by Crippen LogP contribution is 2.34. The minimum Gasteiger partial charge on any atom is -0.381 e. The fourth-order valence-corrected chi connectivity index (χ4v) is 1.39. The Hall–Kier alpha value is -0.760. The highest BCUT2D eigenvalue weighted by atomic mass is 35.5. The number of pyridine rings is 1. The van der Waals surface area contributed by atoms with Crippen molar-refractivity contribution in [3.05, 3.63) is 23.5 Å². The summed E-state index contributed by atoms with van der Waals surface area (Å²) in [6, 6.07) is 2.53. The number of hydrogen-bond donors (Lipinski definition) is 1. The van der Waals surface area contributed by atoms with Crippen molar-refractivity contribution in [1.82, 2.24) is 4.98 Å². The summed E-state index contributed by atoms with van der Waals surface area (Å²) < 4.78 is 0. The first-order valence-corrected chi connectivity index (χ1v) is 4.51. The van der Waals surface area contributed by atoms with Crippen LogP contribution in [-0.2, 0) is 0 Å². The molecular formula is C9H11ClN2. The molecule has 0 spiro atoms. The van der Waals surface area contributed by atoms with Gasteiger partial charge in [0.1, 0.15) is 0 Å². The van der Waals surface area contributed by atoms with Gasteiger partial charge in [0.05, 0.1) is 10.7 Å². The predicted molar refractivity (Wildman–Crippen MR) is 50.4 cm³/mol. The minimum atomic E-state index is 0.616. The van der Waals surface area contributed by atoms with Crippen molar-refractivity contribution in [3.63, 3.8) is 0 Å². The summed E-state index contributed by atoms with van der Waals surface area (Å²) >= 11 is 5.92. The van der Waals surface area contributed by atoms with Crippen LogP contribution in [0.2, 0.25) is 5.02 Å². The first kappa shape index (κ1) is 7.87. The number of rotatable bonds is 2. The molecule has 0 unspecified atom stereocenters. The molecule has 0 bridgehead atoms. The smallest absolute Gasteiger partial charge is 0.0820 e. The minimum absolute atomic E-state index is 0.616. The van der Waals surface area contributed by atoms with Crippen LogP contribution in [0.1, 0.15) is 13.3 Å². The van der Waals surface area contributed by atoms with Crippen LogP contribution >= 0.6 is 11.6 Å². The molecule has 1 aliphatic rings. The summed E-state index contributed by atoms with van der Waals surface area (Å²) in [6.07, 6.45) is 4.66. The Balaban J connectivity index is 2.08. The van der Waals surface area contributed by atoms with Crippen LogP contribution in [0.4, 0.5) is 5.69 Å². The van der Waals surface area contributed by atoms with Crippen molar-refractivity contribution < 1.29 is 0 Å². The molecule has 64 valence electrons. The number of halogens is 1. The molecule has 1 heterocycles. The molecule has 1 aliphatic carbocycles. The predicted octanol–water partition coefficient (Wildman–Crippen LogP) is 2.56. The molecule has 1 N–H and O–H groups in total. The van der Waals surface area contributed by atoms with Gasteiger partial charge < -0.3 is 5.32 Å². The van der Waals surface area contributed by atoms with E-state index in [2.05, 4.69) is 17.2 Å². The van der Waals surface area contributed by atoms with Crippen LogP contribution in [0.3, 0.4) is 0 Å². The van der Waals surface area contributed by atoms with Crippen molar-refractivity contribution >= 4 is 17.3 Å². The zero-order valence-corrected chi connectivity index (χ0v) is 7.67. The first-order valence-electron chi connectivity index (χ1n) is 4.13. The Kier molecular flexibility index (Phi) is 1.93. The second-order valence-corrected chi connectivity index (χ2v) is 3.73. The summed E-state index contributed by atoms with van der Waals surface area (Å²) in [5.74, 6) is 0.786. The third-order valence-corrected chi connectivity index (χ3v) is 2.52. The molecule has 0 aliphatic heterocycles. The Bertz CT molecular complexity index is 288. The molecule has 2 nitrogen and oxygen atoms in total. The van der Waals surface area contributed by atoms with Gasteiger partial charge in [0.2, 0.25) is 0 Å². The lowest BCUT2D eigenvalue weighted by atomic mass is 10.4. The van der Waals surface area contributed by atoms with Crippen LogP contribution in [0, 0.1) is 5.92 Å². The van der Waals surface area contributed by atoms with E-state index in [4.69, 9.17) is 11.6 Å². The van der Waals surface area contributed by atoms with Crippen LogP contribution < -0.4 is 5.32 Å². The molecule has 1 aromatic rings. The second-order valence-electron chi connectivity index (χ2n) is 3.32. The van der Waals surface area contributed by atoms with E-state index in [1.165, 1.54) is 6.42 Å². The van der Waals surface area contributed by atoms with Gasteiger partial charge >= 0.3 is 0 Å². The topological polar surface area (TPSA) is 24.9 Å². The third-order valence-electron chi connectivity index (χ3n) is 2.22. The van der Waals surface area contributed by atoms with Gasteiger partial charge in [-0.2, -0.15) is 0 Å². The van der Waals surface area contributed by atoms with Crippen molar-refractivity contribution in [2.24, 2.45) is 5.92 Å². The van der Waals surface area contributed by atoms with E-state index in [9.17, 15) is 0 Å². The maximum atomic E-state index is 5.92. The quantitative estimate of drug-likeness (QED) is 0.761. The van der Waals surface area contributed by atoms with Gasteiger partial charge in [0.25, 0.3) is 0 Å². The molecule has 12 heavy (non-hydrogen) atoms. The highest BCUT2D eigenvalue weighted by molar-refractivity contribution is 6.33. The zero-order chi connectivity index (χ0) is 8.55. The second kappa shape index (κ2) is 2.94. The monoisotopic (exact) mass is 182 g/mol. The molecule has 1 fully saturated rings. The lowest BCUT2D eigenvalue weighted by Gasteiger charge is -2.05. The fraction of sp³-hybridized carbons (Fsp3) is 0.444. The first-order chi connectivity index (χ1) is 5.77. The summed E-state index contributed by atoms with van der Waals surface area (Å²) in [7, 11) is 0. The number of aromatic nitrogens is 1. The summed E-state index contributed by atoms with van der Waals surface area (Å²) in [5, 5.41) is 4.07. The Morgan fingerprint density at radius 2 is 2.42 bits per heavy atom. The molecule has 0 aromatic carbocycles. The number of nitrogens with one attached hydrogen (secondary N) is 1. The zero-order valence-electron chi connectivity index (χ0n) is 6.92. The van der Waals surface area contributed by atoms with Crippen molar-refractivity contribution in [3.8, 4) is 0 Å². The van der Waals surface area contributed by atoms with Gasteiger partial charge in [-0.1, -0.05) is 18.5 Å². The van der Waals surface area contributed by atoms with Gasteiger partial charge in [-0.15, -0.1) is 0 Å². The Labute approximate surface area is 77.0 Å². The van der Waals surface area contributed by atoms with Gasteiger partial charge in [-0.3, -0.25) is 4.98 Å². The summed E-state index contributed by atoms with van der Waals surface area (Å²) in [4.78, 5) is 3.92. The summed E-state index contributed by atoms with van der Waals surface area (Å²) in [5.41, 5.74) is 1.00. The Morgan fingerprint density at radius 3 is 3.00 bits per heavy atom. The Morgan fingerprint density at radius 1 is 1.67 bits per heavy atom. The maximum absolute atomic E-state index is 5.92. The maximum Gasteiger partial charge on any atom is 0.0820 e. The molecule has 0 amide bonds. The van der Waals surface area contributed by atoms with Crippen molar-refractivity contribution in [1.29, 1.82) is 0 Å². The van der Waals surface area contributed by atoms with E-state index < -0.39 is 0 Å². The number of hydrogen-bond acceptors (Lipinski definition) is 2. The lowest BCUT2D eigenvalue weighted by Crippen LogP contribution is -2.03. The van der Waals surface area contributed by atoms with Crippen LogP contribution in [0.15, 0.2) is 18.5 Å². The average molecular weight is 183 g/mol. The van der Waals surface area contributed by atoms with E-state index in [1.807, 2.05) is 6.07 Å². The van der Waals surface area contributed by atoms with Crippen LogP contribution in [0.25, 0.3) is 0 Å². The van der Waals surface area contributed by atoms with E-state index in [-0.39, 0.29) is 0 Å². The molecule has 1 saturated carbocycles. The highest BCUT2D eigenvalue weighted by Gasteiger charge is 2.32. The van der Waals surface area contributed by atoms with Crippen LogP contribution in [0.5, 0.6) is 0 Å². The van der Waals surface area contributed by atoms with Crippen LogP contribution in [-0.4, -0.2) is 11.0 Å². The number of nitrogens with zero attached hydrogens (tertiary/aromatic N) is 1. The standard InChI is InChI=1S/C9H11ClN2/c1-6-4-9(6)12-8-2-3-11-5-7(8)10/h2-3,5-6,9H,4H2,1H3,(H,11,12)/t6-,9-/m1/s1. The molecular weight excluding hydrogens is 172 g/mol. The molecule has 1 aromatic heterocycles. The van der Waals surface area contributed by atoms with Gasteiger partial charge in [0.15, 0.2) is 0 Å². The molecule has 2 atom stereocenters. The van der Waals surface area contributed by atoms with Gasteiger partial charge in [-0.25, -0.2) is 0 Å². The van der Waals surface area contributed by atoms with E-state index in [0.717, 1.165) is 11.6 Å². The molecule has 0 saturated heterocycles. The third kappa shape index (κ3) is 1.53. The lowest BCUT2D eigenvalue weighted by molar-refractivity contribution is 0.929. The largest absolute Gasteiger partial charge is 0.381 e. The normalized spacial score (nSPS) is 26.8. The summed E-state index contributed by atoms with van der Waals surface area (Å²) in [6.45, 7) is 2.23. The van der Waals surface area contributed by atoms with Gasteiger partial charge in [0, 0.05) is 18.4 Å². The van der Waals surface area contributed by atoms with Gasteiger partial charge in [-0.05, 0) is 18.4 Å². The SMILES string of the molecule is C[C@@H]1C[C@H]1Nc1ccncc1Cl.